The summed E-state index contributed by atoms with van der Waals surface area (Å²) < 4.78 is 1.99. The van der Waals surface area contributed by atoms with Crippen LogP contribution < -0.4 is 5.32 Å². The van der Waals surface area contributed by atoms with E-state index in [9.17, 15) is 4.79 Å². The first-order valence-corrected chi connectivity index (χ1v) is 7.63. The van der Waals surface area contributed by atoms with Crippen molar-refractivity contribution in [3.63, 3.8) is 0 Å². The molecule has 1 aliphatic carbocycles. The van der Waals surface area contributed by atoms with E-state index in [4.69, 9.17) is 0 Å². The van der Waals surface area contributed by atoms with Crippen LogP contribution in [0.2, 0.25) is 0 Å². The van der Waals surface area contributed by atoms with Crippen molar-refractivity contribution in [3.05, 3.63) is 40.8 Å². The Morgan fingerprint density at radius 3 is 2.84 bits per heavy atom. The maximum absolute atomic E-state index is 12.4. The van der Waals surface area contributed by atoms with Gasteiger partial charge in [-0.25, -0.2) is 0 Å². The fourth-order valence-electron chi connectivity index (χ4n) is 2.76. The lowest BCUT2D eigenvalue weighted by Gasteiger charge is -2.12. The van der Waals surface area contributed by atoms with Crippen molar-refractivity contribution in [1.29, 1.82) is 0 Å². The van der Waals surface area contributed by atoms with Crippen molar-refractivity contribution < 1.29 is 4.79 Å². The Kier molecular flexibility index (Phi) is 3.42. The molecule has 2 heterocycles. The van der Waals surface area contributed by atoms with E-state index in [-0.39, 0.29) is 5.91 Å². The lowest BCUT2D eigenvalue weighted by Crippen LogP contribution is -2.32. The van der Waals surface area contributed by atoms with E-state index in [0.717, 1.165) is 29.3 Å². The molecule has 100 valence electrons. The van der Waals surface area contributed by atoms with Gasteiger partial charge >= 0.3 is 0 Å². The van der Waals surface area contributed by atoms with Crippen molar-refractivity contribution in [2.75, 3.05) is 0 Å². The van der Waals surface area contributed by atoms with Gasteiger partial charge in [-0.2, -0.15) is 0 Å². The third kappa shape index (κ3) is 2.59. The molecule has 0 bridgehead atoms. The van der Waals surface area contributed by atoms with Crippen LogP contribution in [0.25, 0.3) is 5.69 Å². The van der Waals surface area contributed by atoms with Crippen LogP contribution >= 0.6 is 11.3 Å². The Morgan fingerprint density at radius 1 is 1.37 bits per heavy atom. The molecule has 2 unspecified atom stereocenters. The van der Waals surface area contributed by atoms with Crippen molar-refractivity contribution in [2.45, 2.75) is 32.2 Å². The number of aromatic nitrogens is 1. The third-order valence-electron chi connectivity index (χ3n) is 3.76. The smallest absolute Gasteiger partial charge is 0.263 e. The quantitative estimate of drug-likeness (QED) is 0.913. The van der Waals surface area contributed by atoms with Gasteiger partial charge in [0.2, 0.25) is 0 Å². The molecule has 1 aliphatic rings. The van der Waals surface area contributed by atoms with Gasteiger partial charge in [0, 0.05) is 18.4 Å². The van der Waals surface area contributed by atoms with Gasteiger partial charge in [0.25, 0.3) is 5.91 Å². The van der Waals surface area contributed by atoms with Crippen LogP contribution in [0.3, 0.4) is 0 Å². The summed E-state index contributed by atoms with van der Waals surface area (Å²) in [6, 6.07) is 6.29. The minimum atomic E-state index is 0.0674. The molecule has 0 spiro atoms. The summed E-state index contributed by atoms with van der Waals surface area (Å²) in [7, 11) is 0. The van der Waals surface area contributed by atoms with E-state index >= 15 is 0 Å². The minimum Gasteiger partial charge on any atom is -0.349 e. The highest BCUT2D eigenvalue weighted by Gasteiger charge is 2.24. The summed E-state index contributed by atoms with van der Waals surface area (Å²) in [5.41, 5.74) is 0.971. The van der Waals surface area contributed by atoms with Gasteiger partial charge in [0.05, 0.1) is 5.69 Å². The first-order chi connectivity index (χ1) is 9.24. The molecule has 0 aromatic carbocycles. The van der Waals surface area contributed by atoms with Gasteiger partial charge in [-0.05, 0) is 48.8 Å². The van der Waals surface area contributed by atoms with E-state index < -0.39 is 0 Å². The number of thiophene rings is 1. The van der Waals surface area contributed by atoms with Crippen LogP contribution in [-0.4, -0.2) is 16.5 Å². The highest BCUT2D eigenvalue weighted by atomic mass is 32.1. The topological polar surface area (TPSA) is 34.0 Å². The van der Waals surface area contributed by atoms with Crippen LogP contribution in [0.1, 0.15) is 35.9 Å². The zero-order valence-corrected chi connectivity index (χ0v) is 11.8. The molecule has 3 nitrogen and oxygen atoms in total. The minimum absolute atomic E-state index is 0.0674. The molecule has 0 saturated heterocycles. The van der Waals surface area contributed by atoms with Crippen molar-refractivity contribution >= 4 is 17.2 Å². The second kappa shape index (κ2) is 5.21. The fourth-order valence-corrected chi connectivity index (χ4v) is 3.55. The number of nitrogens with zero attached hydrogens (tertiary/aromatic N) is 1. The lowest BCUT2D eigenvalue weighted by atomic mass is 10.1. The van der Waals surface area contributed by atoms with Crippen LogP contribution in [0.4, 0.5) is 0 Å². The molecule has 1 fully saturated rings. The van der Waals surface area contributed by atoms with Gasteiger partial charge in [-0.3, -0.25) is 4.79 Å². The molecule has 2 atom stereocenters. The molecule has 2 aromatic rings. The average molecular weight is 274 g/mol. The summed E-state index contributed by atoms with van der Waals surface area (Å²) in [4.78, 5) is 13.2. The molecule has 0 radical (unpaired) electrons. The first-order valence-electron chi connectivity index (χ1n) is 6.75. The number of hydrogen-bond acceptors (Lipinski definition) is 2. The number of carbonyl (C=O) groups is 1. The normalized spacial score (nSPS) is 22.6. The summed E-state index contributed by atoms with van der Waals surface area (Å²) in [6.45, 7) is 2.25. The van der Waals surface area contributed by atoms with Crippen LogP contribution in [0.5, 0.6) is 0 Å². The van der Waals surface area contributed by atoms with E-state index in [1.807, 2.05) is 40.5 Å². The predicted molar refractivity (Wildman–Crippen MR) is 77.9 cm³/mol. The Labute approximate surface area is 117 Å². The Morgan fingerprint density at radius 2 is 2.16 bits per heavy atom. The van der Waals surface area contributed by atoms with Crippen LogP contribution in [0.15, 0.2) is 36.0 Å². The van der Waals surface area contributed by atoms with Gasteiger partial charge in [0.1, 0.15) is 4.88 Å². The Hall–Kier alpha value is -1.55. The van der Waals surface area contributed by atoms with Crippen molar-refractivity contribution in [2.24, 2.45) is 5.92 Å². The molecule has 19 heavy (non-hydrogen) atoms. The largest absolute Gasteiger partial charge is 0.349 e. The number of nitrogens with one attached hydrogen (secondary N) is 1. The Balaban J connectivity index is 1.76. The average Bonchev–Trinajstić information content (AvgIpc) is 3.07. The summed E-state index contributed by atoms with van der Waals surface area (Å²) in [5, 5.41) is 5.15. The zero-order chi connectivity index (χ0) is 13.2. The second-order valence-corrected chi connectivity index (χ2v) is 6.23. The van der Waals surface area contributed by atoms with E-state index in [0.29, 0.717) is 6.04 Å². The third-order valence-corrected chi connectivity index (χ3v) is 4.67. The molecule has 1 saturated carbocycles. The molecule has 1 amide bonds. The van der Waals surface area contributed by atoms with Gasteiger partial charge in [-0.15, -0.1) is 11.3 Å². The van der Waals surface area contributed by atoms with Gasteiger partial charge in [0.15, 0.2) is 0 Å². The summed E-state index contributed by atoms with van der Waals surface area (Å²) in [5.74, 6) is 0.801. The van der Waals surface area contributed by atoms with E-state index in [1.165, 1.54) is 17.8 Å². The van der Waals surface area contributed by atoms with Crippen LogP contribution in [-0.2, 0) is 0 Å². The summed E-state index contributed by atoms with van der Waals surface area (Å²) >= 11 is 1.51. The van der Waals surface area contributed by atoms with Crippen LogP contribution in [0, 0.1) is 5.92 Å². The highest BCUT2D eigenvalue weighted by Crippen LogP contribution is 2.26. The van der Waals surface area contributed by atoms with Gasteiger partial charge < -0.3 is 9.88 Å². The molecule has 0 aliphatic heterocycles. The SMILES string of the molecule is CC1CCC(NC(=O)c2sccc2-n2cccc2)C1. The summed E-state index contributed by atoms with van der Waals surface area (Å²) in [6.07, 6.45) is 7.37. The lowest BCUT2D eigenvalue weighted by molar-refractivity contribution is 0.0941. The zero-order valence-electron chi connectivity index (χ0n) is 11.0. The maximum Gasteiger partial charge on any atom is 0.263 e. The molecule has 2 aromatic heterocycles. The molecular weight excluding hydrogens is 256 g/mol. The van der Waals surface area contributed by atoms with Crippen molar-refractivity contribution in [1.82, 2.24) is 9.88 Å². The molecule has 1 N–H and O–H groups in total. The number of hydrogen-bond donors (Lipinski definition) is 1. The predicted octanol–water partition coefficient (Wildman–Crippen LogP) is 3.46. The number of carbonyl (C=O) groups excluding carboxylic acids is 1. The molecule has 4 heteroatoms. The number of amides is 1. The first kappa shape index (κ1) is 12.5. The number of rotatable bonds is 3. The van der Waals surface area contributed by atoms with E-state index in [1.54, 1.807) is 0 Å². The monoisotopic (exact) mass is 274 g/mol. The molecular formula is C15H18N2OS. The highest BCUT2D eigenvalue weighted by molar-refractivity contribution is 7.12. The standard InChI is InChI=1S/C15H18N2OS/c1-11-4-5-12(10-11)16-15(18)14-13(6-9-19-14)17-7-2-3-8-17/h2-3,6-9,11-12H,4-5,10H2,1H3,(H,16,18). The molecule has 3 rings (SSSR count). The van der Waals surface area contributed by atoms with Crippen molar-refractivity contribution in [3.8, 4) is 5.69 Å². The van der Waals surface area contributed by atoms with E-state index in [2.05, 4.69) is 12.2 Å². The maximum atomic E-state index is 12.4. The Bertz CT molecular complexity index is 558. The van der Waals surface area contributed by atoms with Gasteiger partial charge in [-0.1, -0.05) is 6.92 Å². The fraction of sp³-hybridized carbons (Fsp3) is 0.400. The second-order valence-electron chi connectivity index (χ2n) is 5.31.